The Morgan fingerprint density at radius 1 is 1.21 bits per heavy atom. The summed E-state index contributed by atoms with van der Waals surface area (Å²) >= 11 is 0. The van der Waals surface area contributed by atoms with Crippen LogP contribution in [-0.4, -0.2) is 47.8 Å². The van der Waals surface area contributed by atoms with Gasteiger partial charge in [0.05, 0.1) is 18.6 Å². The number of hydrogen-bond acceptors (Lipinski definition) is 4. The molecule has 1 unspecified atom stereocenters. The molecule has 2 N–H and O–H groups in total. The molecule has 1 aromatic carbocycles. The Morgan fingerprint density at radius 3 is 2.67 bits per heavy atom. The van der Waals surface area contributed by atoms with Gasteiger partial charge in [-0.2, -0.15) is 0 Å². The number of aliphatic hydroxyl groups is 1. The molecule has 0 saturated carbocycles. The Labute approximate surface area is 144 Å². The molecule has 2 aliphatic rings. The lowest BCUT2D eigenvalue weighted by Gasteiger charge is -2.30. The molecule has 0 aliphatic carbocycles. The number of carbonyl (C=O) groups excluding carboxylic acids is 1. The van der Waals surface area contributed by atoms with Gasteiger partial charge in [-0.1, -0.05) is 24.3 Å². The summed E-state index contributed by atoms with van der Waals surface area (Å²) in [6.07, 6.45) is 4.16. The number of hydrogen-bond donors (Lipinski definition) is 2. The van der Waals surface area contributed by atoms with E-state index in [-0.39, 0.29) is 18.1 Å². The number of likely N-dealkylation sites (tertiary alicyclic amines) is 1. The number of amides is 1. The first kappa shape index (κ1) is 17.4. The molecule has 2 heterocycles. The van der Waals surface area contributed by atoms with Crippen molar-refractivity contribution in [2.24, 2.45) is 0 Å². The normalized spacial score (nSPS) is 22.6. The molecule has 2 saturated heterocycles. The van der Waals surface area contributed by atoms with E-state index in [0.29, 0.717) is 13.0 Å². The minimum absolute atomic E-state index is 0.0674. The third-order valence-electron chi connectivity index (χ3n) is 4.98. The van der Waals surface area contributed by atoms with Crippen molar-refractivity contribution in [3.05, 3.63) is 35.4 Å². The van der Waals surface area contributed by atoms with Gasteiger partial charge in [-0.15, -0.1) is 0 Å². The van der Waals surface area contributed by atoms with Crippen LogP contribution in [0.4, 0.5) is 0 Å². The summed E-state index contributed by atoms with van der Waals surface area (Å²) in [7, 11) is 0. The molecule has 0 aromatic heterocycles. The van der Waals surface area contributed by atoms with Gasteiger partial charge in [0.15, 0.2) is 0 Å². The first-order valence-corrected chi connectivity index (χ1v) is 9.06. The van der Waals surface area contributed by atoms with Crippen LogP contribution >= 0.6 is 0 Å². The third-order valence-corrected chi connectivity index (χ3v) is 4.98. The average molecular weight is 332 g/mol. The van der Waals surface area contributed by atoms with Crippen LogP contribution in [0.2, 0.25) is 0 Å². The lowest BCUT2D eigenvalue weighted by atomic mass is 10.0. The lowest BCUT2D eigenvalue weighted by Crippen LogP contribution is -2.35. The van der Waals surface area contributed by atoms with Crippen molar-refractivity contribution < 1.29 is 14.6 Å². The SMILES string of the molecule is O=C(CC1CCCO1)NCc1ccccc1CN1CCC(O)CC1. The fourth-order valence-corrected chi connectivity index (χ4v) is 3.48. The molecule has 1 amide bonds. The van der Waals surface area contributed by atoms with Gasteiger partial charge in [-0.3, -0.25) is 9.69 Å². The monoisotopic (exact) mass is 332 g/mol. The van der Waals surface area contributed by atoms with Gasteiger partial charge in [-0.25, -0.2) is 0 Å². The molecule has 3 rings (SSSR count). The highest BCUT2D eigenvalue weighted by Crippen LogP contribution is 2.17. The second-order valence-electron chi connectivity index (χ2n) is 6.89. The van der Waals surface area contributed by atoms with E-state index in [2.05, 4.69) is 22.3 Å². The number of carbonyl (C=O) groups is 1. The molecule has 5 nitrogen and oxygen atoms in total. The van der Waals surface area contributed by atoms with Crippen LogP contribution in [0.15, 0.2) is 24.3 Å². The Hall–Kier alpha value is -1.43. The second kappa shape index (κ2) is 8.60. The van der Waals surface area contributed by atoms with E-state index in [1.807, 2.05) is 12.1 Å². The highest BCUT2D eigenvalue weighted by Gasteiger charge is 2.20. The molecule has 1 atom stereocenters. The van der Waals surface area contributed by atoms with Gasteiger partial charge < -0.3 is 15.2 Å². The third kappa shape index (κ3) is 5.03. The maximum atomic E-state index is 12.1. The summed E-state index contributed by atoms with van der Waals surface area (Å²) in [5, 5.41) is 12.7. The van der Waals surface area contributed by atoms with Crippen molar-refractivity contribution in [2.45, 2.75) is 57.4 Å². The molecule has 0 radical (unpaired) electrons. The lowest BCUT2D eigenvalue weighted by molar-refractivity contribution is -0.123. The Bertz CT molecular complexity index is 535. The second-order valence-corrected chi connectivity index (χ2v) is 6.89. The van der Waals surface area contributed by atoms with Gasteiger partial charge in [0, 0.05) is 32.8 Å². The summed E-state index contributed by atoms with van der Waals surface area (Å²) in [5.41, 5.74) is 2.43. The van der Waals surface area contributed by atoms with Crippen molar-refractivity contribution in [3.63, 3.8) is 0 Å². The van der Waals surface area contributed by atoms with Crippen LogP contribution in [0.3, 0.4) is 0 Å². The quantitative estimate of drug-likeness (QED) is 0.834. The smallest absolute Gasteiger partial charge is 0.222 e. The van der Waals surface area contributed by atoms with Gasteiger partial charge in [0.2, 0.25) is 5.91 Å². The van der Waals surface area contributed by atoms with Crippen LogP contribution in [0, 0.1) is 0 Å². The predicted octanol–water partition coefficient (Wildman–Crippen LogP) is 1.83. The highest BCUT2D eigenvalue weighted by molar-refractivity contribution is 5.76. The summed E-state index contributed by atoms with van der Waals surface area (Å²) in [5.74, 6) is 0.0674. The largest absolute Gasteiger partial charge is 0.393 e. The van der Waals surface area contributed by atoms with E-state index in [1.165, 1.54) is 11.1 Å². The van der Waals surface area contributed by atoms with E-state index in [1.54, 1.807) is 0 Å². The van der Waals surface area contributed by atoms with E-state index in [4.69, 9.17) is 4.74 Å². The maximum Gasteiger partial charge on any atom is 0.222 e. The molecule has 0 bridgehead atoms. The van der Waals surface area contributed by atoms with Crippen LogP contribution in [0.25, 0.3) is 0 Å². The van der Waals surface area contributed by atoms with Crippen LogP contribution in [0.5, 0.6) is 0 Å². The number of piperidine rings is 1. The van der Waals surface area contributed by atoms with Crippen molar-refractivity contribution in [2.75, 3.05) is 19.7 Å². The molecular weight excluding hydrogens is 304 g/mol. The molecule has 2 aliphatic heterocycles. The van der Waals surface area contributed by atoms with Gasteiger partial charge in [0.25, 0.3) is 0 Å². The Kier molecular flexibility index (Phi) is 6.24. The molecule has 132 valence electrons. The molecule has 2 fully saturated rings. The Balaban J connectivity index is 1.50. The number of aliphatic hydroxyl groups excluding tert-OH is 1. The average Bonchev–Trinajstić information content (AvgIpc) is 3.09. The van der Waals surface area contributed by atoms with E-state index < -0.39 is 0 Å². The summed E-state index contributed by atoms with van der Waals surface area (Å²) in [6.45, 7) is 4.09. The van der Waals surface area contributed by atoms with Crippen LogP contribution in [0.1, 0.15) is 43.2 Å². The zero-order valence-corrected chi connectivity index (χ0v) is 14.2. The molecule has 5 heteroatoms. The highest BCUT2D eigenvalue weighted by atomic mass is 16.5. The number of nitrogens with zero attached hydrogens (tertiary/aromatic N) is 1. The zero-order valence-electron chi connectivity index (χ0n) is 14.2. The fraction of sp³-hybridized carbons (Fsp3) is 0.632. The predicted molar refractivity (Wildman–Crippen MR) is 92.4 cm³/mol. The van der Waals surface area contributed by atoms with Crippen LogP contribution in [-0.2, 0) is 22.6 Å². The molecule has 1 aromatic rings. The first-order valence-electron chi connectivity index (χ1n) is 9.06. The van der Waals surface area contributed by atoms with E-state index >= 15 is 0 Å². The van der Waals surface area contributed by atoms with Crippen molar-refractivity contribution in [1.82, 2.24) is 10.2 Å². The van der Waals surface area contributed by atoms with E-state index in [0.717, 1.165) is 51.9 Å². The fourth-order valence-electron chi connectivity index (χ4n) is 3.48. The standard InChI is InChI=1S/C19H28N2O3/c22-17-7-9-21(10-8-17)14-16-5-2-1-4-15(16)13-20-19(23)12-18-6-3-11-24-18/h1-2,4-5,17-18,22H,3,6-14H2,(H,20,23). The van der Waals surface area contributed by atoms with Crippen molar-refractivity contribution in [1.29, 1.82) is 0 Å². The summed E-state index contributed by atoms with van der Waals surface area (Å²) < 4.78 is 5.52. The van der Waals surface area contributed by atoms with Gasteiger partial charge in [0.1, 0.15) is 0 Å². The first-order chi connectivity index (χ1) is 11.7. The minimum atomic E-state index is -0.145. The minimum Gasteiger partial charge on any atom is -0.393 e. The van der Waals surface area contributed by atoms with E-state index in [9.17, 15) is 9.90 Å². The number of ether oxygens (including phenoxy) is 1. The van der Waals surface area contributed by atoms with Gasteiger partial charge in [-0.05, 0) is 36.8 Å². The Morgan fingerprint density at radius 2 is 1.96 bits per heavy atom. The van der Waals surface area contributed by atoms with Crippen molar-refractivity contribution >= 4 is 5.91 Å². The number of benzene rings is 1. The molecule has 24 heavy (non-hydrogen) atoms. The summed E-state index contributed by atoms with van der Waals surface area (Å²) in [4.78, 5) is 14.5. The summed E-state index contributed by atoms with van der Waals surface area (Å²) in [6, 6.07) is 8.28. The van der Waals surface area contributed by atoms with Crippen molar-refractivity contribution in [3.8, 4) is 0 Å². The number of nitrogens with one attached hydrogen (secondary N) is 1. The maximum absolute atomic E-state index is 12.1. The molecule has 0 spiro atoms. The zero-order chi connectivity index (χ0) is 16.8. The number of rotatable bonds is 6. The topological polar surface area (TPSA) is 61.8 Å². The van der Waals surface area contributed by atoms with Crippen LogP contribution < -0.4 is 5.32 Å². The van der Waals surface area contributed by atoms with Gasteiger partial charge >= 0.3 is 0 Å². The molecular formula is C19H28N2O3.